The van der Waals surface area contributed by atoms with E-state index in [1.54, 1.807) is 0 Å². The van der Waals surface area contributed by atoms with Crippen molar-refractivity contribution in [3.05, 3.63) is 0 Å². The highest BCUT2D eigenvalue weighted by molar-refractivity contribution is 4.71. The Hall–Kier alpha value is -0.120. The molecule has 1 atom stereocenters. The van der Waals surface area contributed by atoms with Crippen molar-refractivity contribution in [2.45, 2.75) is 32.0 Å². The molecule has 0 amide bonds. The lowest BCUT2D eigenvalue weighted by Gasteiger charge is -1.98. The van der Waals surface area contributed by atoms with Gasteiger partial charge in [0.15, 0.2) is 0 Å². The highest BCUT2D eigenvalue weighted by Crippen LogP contribution is 2.02. The van der Waals surface area contributed by atoms with Crippen molar-refractivity contribution in [1.82, 2.24) is 10.9 Å². The average Bonchev–Trinajstić information content (AvgIpc) is 2.41. The summed E-state index contributed by atoms with van der Waals surface area (Å²) in [6.07, 6.45) is 2.23. The molecule has 1 aliphatic rings. The monoisotopic (exact) mass is 116 g/mol. The van der Waals surface area contributed by atoms with Crippen LogP contribution in [0, 0.1) is 0 Å². The maximum Gasteiger partial charge on any atom is 0.0834 e. The zero-order valence-corrected chi connectivity index (χ0v) is 5.02. The molecule has 1 saturated heterocycles. The van der Waals surface area contributed by atoms with Gasteiger partial charge in [0, 0.05) is 0 Å². The average molecular weight is 116 g/mol. The first kappa shape index (κ1) is 6.01. The van der Waals surface area contributed by atoms with Gasteiger partial charge >= 0.3 is 0 Å². The number of aliphatic hydroxyl groups excluding tert-OH is 1. The van der Waals surface area contributed by atoms with E-state index in [0.29, 0.717) is 6.17 Å². The van der Waals surface area contributed by atoms with Crippen LogP contribution in [0.2, 0.25) is 0 Å². The number of rotatable bonds is 3. The molecule has 3 heteroatoms. The highest BCUT2D eigenvalue weighted by atomic mass is 16.3. The Bertz CT molecular complexity index is 68.8. The summed E-state index contributed by atoms with van der Waals surface area (Å²) in [5.41, 5.74) is 5.86. The topological polar surface area (TPSA) is 64.1 Å². The summed E-state index contributed by atoms with van der Waals surface area (Å²) in [4.78, 5) is 0. The van der Waals surface area contributed by atoms with Gasteiger partial charge in [-0.3, -0.25) is 0 Å². The van der Waals surface area contributed by atoms with Gasteiger partial charge in [0.2, 0.25) is 0 Å². The van der Waals surface area contributed by atoms with Crippen LogP contribution in [0.15, 0.2) is 0 Å². The molecule has 0 spiro atoms. The molecule has 1 aliphatic heterocycles. The third-order valence-corrected chi connectivity index (χ3v) is 1.22. The SMILES string of the molecule is CC(O)CCC1NN1. The lowest BCUT2D eigenvalue weighted by Crippen LogP contribution is -2.02. The predicted octanol–water partition coefficient (Wildman–Crippen LogP) is -0.419. The minimum atomic E-state index is -0.154. The summed E-state index contributed by atoms with van der Waals surface area (Å²) >= 11 is 0. The van der Waals surface area contributed by atoms with Gasteiger partial charge in [-0.25, -0.2) is 10.9 Å². The van der Waals surface area contributed by atoms with Crippen molar-refractivity contribution < 1.29 is 5.11 Å². The normalized spacial score (nSPS) is 23.2. The second-order valence-electron chi connectivity index (χ2n) is 2.27. The van der Waals surface area contributed by atoms with Crippen LogP contribution in [0.25, 0.3) is 0 Å². The van der Waals surface area contributed by atoms with Crippen LogP contribution in [0.4, 0.5) is 0 Å². The molecule has 48 valence electrons. The van der Waals surface area contributed by atoms with Crippen LogP contribution < -0.4 is 10.9 Å². The highest BCUT2D eigenvalue weighted by Gasteiger charge is 2.18. The van der Waals surface area contributed by atoms with Crippen LogP contribution in [0.3, 0.4) is 0 Å². The van der Waals surface area contributed by atoms with Gasteiger partial charge in [0.1, 0.15) is 0 Å². The van der Waals surface area contributed by atoms with E-state index in [2.05, 4.69) is 10.9 Å². The smallest absolute Gasteiger partial charge is 0.0834 e. The first-order valence-electron chi connectivity index (χ1n) is 2.98. The van der Waals surface area contributed by atoms with E-state index in [4.69, 9.17) is 5.11 Å². The molecule has 0 aromatic carbocycles. The molecule has 1 unspecified atom stereocenters. The predicted molar refractivity (Wildman–Crippen MR) is 31.0 cm³/mol. The van der Waals surface area contributed by atoms with E-state index in [1.807, 2.05) is 6.92 Å². The largest absolute Gasteiger partial charge is 0.393 e. The number of hydrogen-bond acceptors (Lipinski definition) is 3. The summed E-state index contributed by atoms with van der Waals surface area (Å²) < 4.78 is 0. The molecule has 8 heavy (non-hydrogen) atoms. The molecule has 1 rings (SSSR count). The van der Waals surface area contributed by atoms with Crippen LogP contribution >= 0.6 is 0 Å². The van der Waals surface area contributed by atoms with E-state index in [1.165, 1.54) is 0 Å². The van der Waals surface area contributed by atoms with E-state index in [9.17, 15) is 0 Å². The number of nitrogens with one attached hydrogen (secondary N) is 2. The Labute approximate surface area is 49.1 Å². The van der Waals surface area contributed by atoms with Crippen molar-refractivity contribution in [1.29, 1.82) is 0 Å². The minimum absolute atomic E-state index is 0.154. The second kappa shape index (κ2) is 2.44. The fraction of sp³-hybridized carbons (Fsp3) is 1.00. The van der Waals surface area contributed by atoms with Gasteiger partial charge < -0.3 is 5.11 Å². The van der Waals surface area contributed by atoms with Crippen molar-refractivity contribution >= 4 is 0 Å². The molecule has 0 radical (unpaired) electrons. The van der Waals surface area contributed by atoms with E-state index < -0.39 is 0 Å². The number of hydrazine groups is 1. The third-order valence-electron chi connectivity index (χ3n) is 1.22. The van der Waals surface area contributed by atoms with Crippen molar-refractivity contribution in [3.8, 4) is 0 Å². The maximum atomic E-state index is 8.77. The van der Waals surface area contributed by atoms with Crippen LogP contribution in [-0.4, -0.2) is 17.4 Å². The lowest BCUT2D eigenvalue weighted by atomic mass is 10.2. The van der Waals surface area contributed by atoms with E-state index in [-0.39, 0.29) is 6.10 Å². The molecule has 3 N–H and O–H groups in total. The van der Waals surface area contributed by atoms with Crippen molar-refractivity contribution in [2.24, 2.45) is 0 Å². The summed E-state index contributed by atoms with van der Waals surface area (Å²) in [5, 5.41) is 8.77. The van der Waals surface area contributed by atoms with Gasteiger partial charge in [0.25, 0.3) is 0 Å². The molecular weight excluding hydrogens is 104 g/mol. The van der Waals surface area contributed by atoms with E-state index in [0.717, 1.165) is 12.8 Å². The molecule has 0 saturated carbocycles. The van der Waals surface area contributed by atoms with Crippen LogP contribution in [0.5, 0.6) is 0 Å². The quantitative estimate of drug-likeness (QED) is 0.439. The molecular formula is C5H12N2O. The molecule has 0 aliphatic carbocycles. The third kappa shape index (κ3) is 2.26. The molecule has 1 fully saturated rings. The van der Waals surface area contributed by atoms with Crippen LogP contribution in [0.1, 0.15) is 19.8 Å². The summed E-state index contributed by atoms with van der Waals surface area (Å²) in [6.45, 7) is 1.81. The Balaban J connectivity index is 1.87. The molecule has 0 aromatic rings. The molecule has 1 heterocycles. The van der Waals surface area contributed by atoms with Gasteiger partial charge in [-0.1, -0.05) is 0 Å². The summed E-state index contributed by atoms with van der Waals surface area (Å²) in [5.74, 6) is 0. The van der Waals surface area contributed by atoms with Gasteiger partial charge in [-0.05, 0) is 19.8 Å². The Morgan fingerprint density at radius 1 is 1.62 bits per heavy atom. The fourth-order valence-corrected chi connectivity index (χ4v) is 0.611. The standard InChI is InChI=1S/C5H12N2O/c1-4(8)2-3-5-6-7-5/h4-8H,2-3H2,1H3. The molecule has 0 aromatic heterocycles. The van der Waals surface area contributed by atoms with Crippen molar-refractivity contribution in [3.63, 3.8) is 0 Å². The Kier molecular flexibility index (Phi) is 1.83. The Morgan fingerprint density at radius 2 is 2.25 bits per heavy atom. The zero-order chi connectivity index (χ0) is 5.98. The fourth-order valence-electron chi connectivity index (χ4n) is 0.611. The van der Waals surface area contributed by atoms with Crippen molar-refractivity contribution in [2.75, 3.05) is 0 Å². The van der Waals surface area contributed by atoms with Gasteiger partial charge in [-0.15, -0.1) is 0 Å². The molecule has 0 bridgehead atoms. The lowest BCUT2D eigenvalue weighted by molar-refractivity contribution is 0.181. The van der Waals surface area contributed by atoms with Gasteiger partial charge in [-0.2, -0.15) is 0 Å². The zero-order valence-electron chi connectivity index (χ0n) is 5.02. The first-order chi connectivity index (χ1) is 3.79. The van der Waals surface area contributed by atoms with Crippen LogP contribution in [-0.2, 0) is 0 Å². The van der Waals surface area contributed by atoms with Gasteiger partial charge in [0.05, 0.1) is 12.3 Å². The molecule has 3 nitrogen and oxygen atoms in total. The van der Waals surface area contributed by atoms with E-state index >= 15 is 0 Å². The summed E-state index contributed by atoms with van der Waals surface area (Å²) in [6, 6.07) is 0. The number of hydrogen-bond donors (Lipinski definition) is 3. The number of aliphatic hydroxyl groups is 1. The minimum Gasteiger partial charge on any atom is -0.393 e. The second-order valence-corrected chi connectivity index (χ2v) is 2.27. The first-order valence-corrected chi connectivity index (χ1v) is 2.98. The Morgan fingerprint density at radius 3 is 2.62 bits per heavy atom. The summed E-state index contributed by atoms with van der Waals surface area (Å²) in [7, 11) is 0. The maximum absolute atomic E-state index is 8.77.